The number of urea groups is 1. The van der Waals surface area contributed by atoms with Crippen molar-refractivity contribution in [1.29, 1.82) is 0 Å². The van der Waals surface area contributed by atoms with Gasteiger partial charge in [0, 0.05) is 30.8 Å². The first-order chi connectivity index (χ1) is 10.5. The van der Waals surface area contributed by atoms with E-state index in [1.54, 1.807) is 0 Å². The molecule has 0 atom stereocenters. The Bertz CT molecular complexity index is 287. The minimum atomic E-state index is -0.172. The monoisotopic (exact) mass is 325 g/mol. The zero-order valence-electron chi connectivity index (χ0n) is 14.7. The molecule has 3 amide bonds. The van der Waals surface area contributed by atoms with E-state index < -0.39 is 0 Å². The second-order valence-corrected chi connectivity index (χ2v) is 4.74. The highest BCUT2D eigenvalue weighted by Crippen LogP contribution is 1.86. The fraction of sp³-hybridized carbons (Fsp3) is 0.867. The standard InChI is InChI=1S/C13H27N3O4.C2H6.3H2/c1-11(2)10-16-13(18)15-5-7-20-9-8-19-6-4-14-12(3)17;1-2;;;/h11H,4-10H2,1-3H3,(H,14,17)(H2,15,16,18);1-2H3;3*1H. The lowest BCUT2D eigenvalue weighted by atomic mass is 10.2. The zero-order chi connectivity index (χ0) is 17.2. The molecule has 0 aromatic heterocycles. The van der Waals surface area contributed by atoms with Crippen molar-refractivity contribution in [3.05, 3.63) is 0 Å². The van der Waals surface area contributed by atoms with Crippen LogP contribution in [0, 0.1) is 5.92 Å². The minimum Gasteiger partial charge on any atom is -0.377 e. The third-order valence-corrected chi connectivity index (χ3v) is 2.20. The average molecular weight is 325 g/mol. The maximum Gasteiger partial charge on any atom is 0.314 e. The number of ether oxygens (including phenoxy) is 2. The molecule has 22 heavy (non-hydrogen) atoms. The third-order valence-electron chi connectivity index (χ3n) is 2.20. The Hall–Kier alpha value is -1.34. The van der Waals surface area contributed by atoms with E-state index in [0.717, 1.165) is 0 Å². The van der Waals surface area contributed by atoms with Gasteiger partial charge in [-0.1, -0.05) is 27.7 Å². The molecule has 3 N–H and O–H groups in total. The summed E-state index contributed by atoms with van der Waals surface area (Å²) in [6, 6.07) is -0.172. The van der Waals surface area contributed by atoms with Crippen LogP contribution in [0.1, 0.15) is 38.9 Å². The summed E-state index contributed by atoms with van der Waals surface area (Å²) < 4.78 is 10.5. The number of nitrogens with one attached hydrogen (secondary N) is 3. The first-order valence-corrected chi connectivity index (χ1v) is 7.94. The van der Waals surface area contributed by atoms with Crippen molar-refractivity contribution in [2.24, 2.45) is 5.92 Å². The summed E-state index contributed by atoms with van der Waals surface area (Å²) in [6.45, 7) is 13.0. The SMILES string of the molecule is CC.CC(=O)NCCOCCOCCNC(=O)NCC(C)C.[HH].[HH].[HH]. The van der Waals surface area contributed by atoms with Crippen LogP contribution in [-0.4, -0.2) is 58.0 Å². The summed E-state index contributed by atoms with van der Waals surface area (Å²) in [6.07, 6.45) is 0. The smallest absolute Gasteiger partial charge is 0.314 e. The Labute approximate surface area is 139 Å². The summed E-state index contributed by atoms with van der Waals surface area (Å²) in [5.41, 5.74) is 0. The third kappa shape index (κ3) is 21.0. The van der Waals surface area contributed by atoms with E-state index in [2.05, 4.69) is 16.0 Å². The van der Waals surface area contributed by atoms with Gasteiger partial charge in [-0.25, -0.2) is 4.79 Å². The van der Waals surface area contributed by atoms with Crippen LogP contribution in [0.4, 0.5) is 4.79 Å². The van der Waals surface area contributed by atoms with Gasteiger partial charge in [-0.3, -0.25) is 4.79 Å². The van der Waals surface area contributed by atoms with E-state index >= 15 is 0 Å². The number of carbonyl (C=O) groups excluding carboxylic acids is 2. The van der Waals surface area contributed by atoms with Gasteiger partial charge < -0.3 is 25.4 Å². The fourth-order valence-electron chi connectivity index (χ4n) is 1.22. The molecule has 138 valence electrons. The van der Waals surface area contributed by atoms with Crippen molar-refractivity contribution < 1.29 is 23.3 Å². The summed E-state index contributed by atoms with van der Waals surface area (Å²) in [7, 11) is 0. The van der Waals surface area contributed by atoms with Gasteiger partial charge in [0.05, 0.1) is 26.4 Å². The Balaban J connectivity index is -0.000000256. The second-order valence-electron chi connectivity index (χ2n) is 4.74. The molecular weight excluding hydrogens is 286 g/mol. The summed E-state index contributed by atoms with van der Waals surface area (Å²) in [5.74, 6) is 0.373. The topological polar surface area (TPSA) is 88.7 Å². The summed E-state index contributed by atoms with van der Waals surface area (Å²) in [5, 5.41) is 8.08. The van der Waals surface area contributed by atoms with Crippen molar-refractivity contribution in [1.82, 2.24) is 16.0 Å². The number of rotatable bonds is 11. The first kappa shape index (κ1) is 22.9. The molecule has 0 saturated heterocycles. The van der Waals surface area contributed by atoms with Crippen molar-refractivity contribution in [2.45, 2.75) is 34.6 Å². The molecule has 0 fully saturated rings. The maximum absolute atomic E-state index is 11.3. The molecule has 0 aromatic carbocycles. The van der Waals surface area contributed by atoms with E-state index in [0.29, 0.717) is 52.0 Å². The van der Waals surface area contributed by atoms with Gasteiger partial charge in [0.15, 0.2) is 0 Å². The highest BCUT2D eigenvalue weighted by molar-refractivity contribution is 5.73. The molecule has 0 rings (SSSR count). The first-order valence-electron chi connectivity index (χ1n) is 7.94. The van der Waals surface area contributed by atoms with Crippen molar-refractivity contribution >= 4 is 11.9 Å². The molecule has 7 nitrogen and oxygen atoms in total. The Kier molecular flexibility index (Phi) is 18.5. The van der Waals surface area contributed by atoms with Crippen molar-refractivity contribution in [3.63, 3.8) is 0 Å². The summed E-state index contributed by atoms with van der Waals surface area (Å²) >= 11 is 0. The number of hydrogen-bond donors (Lipinski definition) is 3. The molecule has 0 radical (unpaired) electrons. The molecule has 7 heteroatoms. The largest absolute Gasteiger partial charge is 0.377 e. The molecule has 0 aromatic rings. The predicted octanol–water partition coefficient (Wildman–Crippen LogP) is 1.88. The van der Waals surface area contributed by atoms with Gasteiger partial charge in [-0.05, 0) is 5.92 Å². The van der Waals surface area contributed by atoms with E-state index in [4.69, 9.17) is 9.47 Å². The van der Waals surface area contributed by atoms with Crippen LogP contribution in [0.3, 0.4) is 0 Å². The van der Waals surface area contributed by atoms with E-state index in [1.165, 1.54) is 6.92 Å². The lowest BCUT2D eigenvalue weighted by Crippen LogP contribution is -2.39. The van der Waals surface area contributed by atoms with Crippen LogP contribution < -0.4 is 16.0 Å². The van der Waals surface area contributed by atoms with Crippen molar-refractivity contribution in [3.8, 4) is 0 Å². The van der Waals surface area contributed by atoms with Crippen LogP contribution in [0.2, 0.25) is 0 Å². The minimum absolute atomic E-state index is 0. The molecule has 0 aliphatic heterocycles. The number of carbonyl (C=O) groups is 2. The lowest BCUT2D eigenvalue weighted by molar-refractivity contribution is -0.119. The molecule has 0 bridgehead atoms. The Morgan fingerprint density at radius 3 is 1.86 bits per heavy atom. The Morgan fingerprint density at radius 1 is 0.909 bits per heavy atom. The molecule has 0 heterocycles. The van der Waals surface area contributed by atoms with E-state index in [9.17, 15) is 9.59 Å². The fourth-order valence-corrected chi connectivity index (χ4v) is 1.22. The second kappa shape index (κ2) is 17.7. The van der Waals surface area contributed by atoms with E-state index in [-0.39, 0.29) is 16.2 Å². The van der Waals surface area contributed by atoms with Gasteiger partial charge in [-0.15, -0.1) is 0 Å². The lowest BCUT2D eigenvalue weighted by Gasteiger charge is -2.10. The predicted molar refractivity (Wildman–Crippen MR) is 94.3 cm³/mol. The van der Waals surface area contributed by atoms with Crippen molar-refractivity contribution in [2.75, 3.05) is 46.1 Å². The molecule has 0 saturated carbocycles. The molecule has 0 aliphatic rings. The van der Waals surface area contributed by atoms with Crippen LogP contribution in [0.25, 0.3) is 0 Å². The van der Waals surface area contributed by atoms with E-state index in [1.807, 2.05) is 27.7 Å². The highest BCUT2D eigenvalue weighted by Gasteiger charge is 2.00. The van der Waals surface area contributed by atoms with Crippen LogP contribution in [0.5, 0.6) is 0 Å². The average Bonchev–Trinajstić information content (AvgIpc) is 2.48. The Morgan fingerprint density at radius 2 is 1.41 bits per heavy atom. The normalized spacial score (nSPS) is 9.73. The highest BCUT2D eigenvalue weighted by atomic mass is 16.5. The zero-order valence-corrected chi connectivity index (χ0v) is 14.7. The summed E-state index contributed by atoms with van der Waals surface area (Å²) in [4.78, 5) is 21.8. The number of hydrogen-bond acceptors (Lipinski definition) is 4. The van der Waals surface area contributed by atoms with Gasteiger partial charge in [0.2, 0.25) is 5.91 Å². The van der Waals surface area contributed by atoms with Crippen LogP contribution in [-0.2, 0) is 14.3 Å². The van der Waals surface area contributed by atoms with Gasteiger partial charge in [0.1, 0.15) is 0 Å². The van der Waals surface area contributed by atoms with Crippen LogP contribution in [0.15, 0.2) is 0 Å². The molecule has 0 spiro atoms. The number of amides is 3. The van der Waals surface area contributed by atoms with Crippen LogP contribution >= 0.6 is 0 Å². The van der Waals surface area contributed by atoms with Gasteiger partial charge in [0.25, 0.3) is 0 Å². The quantitative estimate of drug-likeness (QED) is 0.506. The molecule has 0 unspecified atom stereocenters. The molecule has 0 aliphatic carbocycles. The van der Waals surface area contributed by atoms with Gasteiger partial charge >= 0.3 is 6.03 Å². The molecular formula is C15H39N3O4. The van der Waals surface area contributed by atoms with Gasteiger partial charge in [-0.2, -0.15) is 0 Å². The maximum atomic E-state index is 11.3.